The highest BCUT2D eigenvalue weighted by Crippen LogP contribution is 2.25. The molecular formula is C21H27N5S. The standard InChI is InChI=1S/C21H27N5S/c1-14(2)12-15-13-18(16-8-6-7-9-17(16)23-15)24-19(26-21(3,4)5)25-20-22-10-11-27-20/h6-11,13-14H,12H2,1-5H3,(H2,22,23,24,25,26). The summed E-state index contributed by atoms with van der Waals surface area (Å²) >= 11 is 1.55. The van der Waals surface area contributed by atoms with Crippen molar-refractivity contribution in [2.75, 3.05) is 10.6 Å². The summed E-state index contributed by atoms with van der Waals surface area (Å²) in [6.07, 6.45) is 2.72. The summed E-state index contributed by atoms with van der Waals surface area (Å²) in [5.41, 5.74) is 2.84. The Bertz CT molecular complexity index is 923. The monoisotopic (exact) mass is 381 g/mol. The molecule has 142 valence electrons. The van der Waals surface area contributed by atoms with E-state index in [0.29, 0.717) is 11.9 Å². The molecule has 3 rings (SSSR count). The second-order valence-electron chi connectivity index (χ2n) is 7.99. The van der Waals surface area contributed by atoms with Gasteiger partial charge in [0.1, 0.15) is 0 Å². The fourth-order valence-electron chi connectivity index (χ4n) is 2.79. The van der Waals surface area contributed by atoms with E-state index in [0.717, 1.165) is 33.8 Å². The number of para-hydroxylation sites is 1. The molecule has 0 aliphatic heterocycles. The number of rotatable bonds is 4. The molecule has 0 unspecified atom stereocenters. The third-order valence-corrected chi connectivity index (χ3v) is 4.43. The van der Waals surface area contributed by atoms with Gasteiger partial charge in [0.05, 0.1) is 16.7 Å². The Hall–Kier alpha value is -2.47. The quantitative estimate of drug-likeness (QED) is 0.458. The molecule has 1 aromatic carbocycles. The number of nitrogens with one attached hydrogen (secondary N) is 2. The molecule has 0 saturated heterocycles. The van der Waals surface area contributed by atoms with Crippen molar-refractivity contribution >= 4 is 39.0 Å². The van der Waals surface area contributed by atoms with Crippen molar-refractivity contribution in [1.29, 1.82) is 0 Å². The first-order valence-electron chi connectivity index (χ1n) is 9.22. The molecule has 0 atom stereocenters. The van der Waals surface area contributed by atoms with Crippen molar-refractivity contribution in [3.05, 3.63) is 47.6 Å². The molecule has 6 heteroatoms. The highest BCUT2D eigenvalue weighted by atomic mass is 32.1. The first kappa shape index (κ1) is 19.3. The SMILES string of the molecule is CC(C)Cc1cc(NC(=NC(C)(C)C)Nc2nccs2)c2ccccc2n1. The van der Waals surface area contributed by atoms with E-state index in [1.54, 1.807) is 17.5 Å². The molecule has 0 fully saturated rings. The van der Waals surface area contributed by atoms with Crippen LogP contribution in [0.2, 0.25) is 0 Å². The van der Waals surface area contributed by atoms with Crippen LogP contribution >= 0.6 is 11.3 Å². The van der Waals surface area contributed by atoms with Crippen molar-refractivity contribution in [2.24, 2.45) is 10.9 Å². The smallest absolute Gasteiger partial charge is 0.202 e. The van der Waals surface area contributed by atoms with Crippen LogP contribution in [0.1, 0.15) is 40.3 Å². The van der Waals surface area contributed by atoms with Gasteiger partial charge in [0.25, 0.3) is 0 Å². The average molecular weight is 382 g/mol. The number of aromatic nitrogens is 2. The summed E-state index contributed by atoms with van der Waals surface area (Å²) in [5.74, 6) is 1.23. The van der Waals surface area contributed by atoms with Gasteiger partial charge in [0.2, 0.25) is 5.96 Å². The van der Waals surface area contributed by atoms with Crippen LogP contribution in [0.25, 0.3) is 10.9 Å². The van der Waals surface area contributed by atoms with Crippen LogP contribution in [-0.2, 0) is 6.42 Å². The molecule has 2 N–H and O–H groups in total. The highest BCUT2D eigenvalue weighted by molar-refractivity contribution is 7.13. The van der Waals surface area contributed by atoms with Gasteiger partial charge in [-0.2, -0.15) is 0 Å². The highest BCUT2D eigenvalue weighted by Gasteiger charge is 2.14. The largest absolute Gasteiger partial charge is 0.325 e. The van der Waals surface area contributed by atoms with E-state index < -0.39 is 0 Å². The molecule has 0 aliphatic rings. The molecule has 0 saturated carbocycles. The molecule has 0 amide bonds. The lowest BCUT2D eigenvalue weighted by Gasteiger charge is -2.19. The maximum absolute atomic E-state index is 4.82. The van der Waals surface area contributed by atoms with Gasteiger partial charge >= 0.3 is 0 Å². The maximum atomic E-state index is 4.82. The van der Waals surface area contributed by atoms with Gasteiger partial charge in [-0.3, -0.25) is 4.98 Å². The van der Waals surface area contributed by atoms with Crippen molar-refractivity contribution in [2.45, 2.75) is 46.6 Å². The number of thiazole rings is 1. The van der Waals surface area contributed by atoms with Crippen molar-refractivity contribution in [3.8, 4) is 0 Å². The second-order valence-corrected chi connectivity index (χ2v) is 8.89. The lowest BCUT2D eigenvalue weighted by Crippen LogP contribution is -2.27. The Kier molecular flexibility index (Phi) is 5.75. The zero-order valence-corrected chi connectivity index (χ0v) is 17.4. The molecule has 2 heterocycles. The lowest BCUT2D eigenvalue weighted by atomic mass is 10.1. The van der Waals surface area contributed by atoms with Crippen molar-refractivity contribution < 1.29 is 0 Å². The molecule has 3 aromatic rings. The molecular weight excluding hydrogens is 354 g/mol. The van der Waals surface area contributed by atoms with Gasteiger partial charge in [-0.05, 0) is 45.2 Å². The minimum atomic E-state index is -0.226. The predicted octanol–water partition coefficient (Wildman–Crippen LogP) is 5.57. The molecule has 0 bridgehead atoms. The van der Waals surface area contributed by atoms with Crippen LogP contribution in [0.5, 0.6) is 0 Å². The first-order chi connectivity index (χ1) is 12.8. The van der Waals surface area contributed by atoms with E-state index in [1.807, 2.05) is 17.5 Å². The van der Waals surface area contributed by atoms with Gasteiger partial charge in [-0.15, -0.1) is 11.3 Å². The fourth-order valence-corrected chi connectivity index (χ4v) is 3.32. The summed E-state index contributed by atoms with van der Waals surface area (Å²) in [6.45, 7) is 10.6. The van der Waals surface area contributed by atoms with E-state index in [9.17, 15) is 0 Å². The zero-order valence-electron chi connectivity index (χ0n) is 16.6. The van der Waals surface area contributed by atoms with Gasteiger partial charge < -0.3 is 10.6 Å². The van der Waals surface area contributed by atoms with E-state index in [4.69, 9.17) is 9.98 Å². The van der Waals surface area contributed by atoms with Gasteiger partial charge in [0, 0.05) is 22.7 Å². The molecule has 2 aromatic heterocycles. The van der Waals surface area contributed by atoms with Crippen molar-refractivity contribution in [1.82, 2.24) is 9.97 Å². The number of nitrogens with zero attached hydrogens (tertiary/aromatic N) is 3. The van der Waals surface area contributed by atoms with Gasteiger partial charge in [0.15, 0.2) is 5.13 Å². The third-order valence-electron chi connectivity index (χ3n) is 3.74. The van der Waals surface area contributed by atoms with E-state index in [1.165, 1.54) is 0 Å². The number of hydrogen-bond acceptors (Lipinski definition) is 4. The van der Waals surface area contributed by atoms with E-state index in [-0.39, 0.29) is 5.54 Å². The lowest BCUT2D eigenvalue weighted by molar-refractivity contribution is 0.583. The molecule has 0 radical (unpaired) electrons. The predicted molar refractivity (Wildman–Crippen MR) is 117 cm³/mol. The molecule has 5 nitrogen and oxygen atoms in total. The van der Waals surface area contributed by atoms with Crippen LogP contribution in [-0.4, -0.2) is 21.5 Å². The summed E-state index contributed by atoms with van der Waals surface area (Å²) in [5, 5.41) is 10.6. The van der Waals surface area contributed by atoms with Crippen LogP contribution < -0.4 is 10.6 Å². The topological polar surface area (TPSA) is 62.2 Å². The summed E-state index contributed by atoms with van der Waals surface area (Å²) in [4.78, 5) is 14.0. The number of pyridine rings is 1. The zero-order chi connectivity index (χ0) is 19.4. The number of fused-ring (bicyclic) bond motifs is 1. The minimum Gasteiger partial charge on any atom is -0.325 e. The first-order valence-corrected chi connectivity index (χ1v) is 10.1. The fraction of sp³-hybridized carbons (Fsp3) is 0.381. The van der Waals surface area contributed by atoms with Crippen LogP contribution in [0, 0.1) is 5.92 Å². The van der Waals surface area contributed by atoms with Gasteiger partial charge in [-0.25, -0.2) is 9.98 Å². The summed E-state index contributed by atoms with van der Waals surface area (Å²) in [6, 6.07) is 10.3. The Morgan fingerprint density at radius 2 is 1.96 bits per heavy atom. The minimum absolute atomic E-state index is 0.226. The number of anilines is 2. The number of aliphatic imine (C=N–C) groups is 1. The Balaban J connectivity index is 2.01. The second kappa shape index (κ2) is 8.05. The Labute approximate surface area is 165 Å². The Morgan fingerprint density at radius 1 is 1.19 bits per heavy atom. The number of hydrogen-bond donors (Lipinski definition) is 2. The number of guanidine groups is 1. The summed E-state index contributed by atoms with van der Waals surface area (Å²) < 4.78 is 0. The van der Waals surface area contributed by atoms with E-state index in [2.05, 4.69) is 68.4 Å². The normalized spacial score (nSPS) is 12.6. The van der Waals surface area contributed by atoms with E-state index >= 15 is 0 Å². The van der Waals surface area contributed by atoms with Crippen LogP contribution in [0.15, 0.2) is 46.9 Å². The average Bonchev–Trinajstić information content (AvgIpc) is 3.05. The molecule has 27 heavy (non-hydrogen) atoms. The van der Waals surface area contributed by atoms with Gasteiger partial charge in [-0.1, -0.05) is 32.0 Å². The summed E-state index contributed by atoms with van der Waals surface area (Å²) in [7, 11) is 0. The Morgan fingerprint density at radius 3 is 2.63 bits per heavy atom. The maximum Gasteiger partial charge on any atom is 0.202 e. The van der Waals surface area contributed by atoms with Crippen molar-refractivity contribution in [3.63, 3.8) is 0 Å². The third kappa shape index (κ3) is 5.50. The van der Waals surface area contributed by atoms with Crippen LogP contribution in [0.4, 0.5) is 10.8 Å². The molecule has 0 aliphatic carbocycles. The molecule has 0 spiro atoms. The van der Waals surface area contributed by atoms with Crippen LogP contribution in [0.3, 0.4) is 0 Å². The number of benzene rings is 1.